The zero-order chi connectivity index (χ0) is 18.7. The van der Waals surface area contributed by atoms with Gasteiger partial charge in [-0.1, -0.05) is 31.2 Å². The highest BCUT2D eigenvalue weighted by atomic mass is 16.1. The third kappa shape index (κ3) is 3.82. The lowest BCUT2D eigenvalue weighted by molar-refractivity contribution is 0.0946. The molecular formula is C21H24N4O. The molecule has 0 unspecified atom stereocenters. The molecule has 1 amide bonds. The van der Waals surface area contributed by atoms with E-state index < -0.39 is 0 Å². The molecule has 0 saturated carbocycles. The van der Waals surface area contributed by atoms with Gasteiger partial charge in [-0.05, 0) is 48.6 Å². The average molecular weight is 348 g/mol. The number of pyridine rings is 1. The Balaban J connectivity index is 1.77. The number of nitrogens with zero attached hydrogens (tertiary/aromatic N) is 3. The molecule has 1 aromatic carbocycles. The van der Waals surface area contributed by atoms with Gasteiger partial charge >= 0.3 is 0 Å². The maximum absolute atomic E-state index is 12.5. The maximum atomic E-state index is 12.5. The van der Waals surface area contributed by atoms with E-state index in [1.165, 1.54) is 5.56 Å². The number of hydrogen-bond donors (Lipinski definition) is 1. The van der Waals surface area contributed by atoms with Crippen LogP contribution in [0, 0.1) is 13.8 Å². The van der Waals surface area contributed by atoms with Crippen LogP contribution < -0.4 is 5.32 Å². The highest BCUT2D eigenvalue weighted by Gasteiger charge is 2.14. The van der Waals surface area contributed by atoms with Gasteiger partial charge in [-0.3, -0.25) is 14.5 Å². The molecule has 5 heteroatoms. The van der Waals surface area contributed by atoms with Gasteiger partial charge in [-0.2, -0.15) is 5.10 Å². The second-order valence-electron chi connectivity index (χ2n) is 6.54. The van der Waals surface area contributed by atoms with E-state index in [1.54, 1.807) is 10.9 Å². The number of nitrogens with one attached hydrogen (secondary N) is 1. The lowest BCUT2D eigenvalue weighted by atomic mass is 10.0. The Bertz CT molecular complexity index is 926. The fraction of sp³-hybridized carbons (Fsp3) is 0.286. The van der Waals surface area contributed by atoms with Crippen molar-refractivity contribution >= 4 is 5.91 Å². The molecule has 0 spiro atoms. The summed E-state index contributed by atoms with van der Waals surface area (Å²) in [6.45, 7) is 6.57. The van der Waals surface area contributed by atoms with Crippen LogP contribution in [-0.4, -0.2) is 20.7 Å². The summed E-state index contributed by atoms with van der Waals surface area (Å²) in [5.41, 5.74) is 6.75. The molecule has 0 aliphatic rings. The van der Waals surface area contributed by atoms with Crippen molar-refractivity contribution in [2.24, 2.45) is 7.05 Å². The summed E-state index contributed by atoms with van der Waals surface area (Å²) in [6.07, 6.45) is 4.72. The fourth-order valence-corrected chi connectivity index (χ4v) is 2.97. The van der Waals surface area contributed by atoms with Gasteiger partial charge < -0.3 is 5.32 Å². The third-order valence-corrected chi connectivity index (χ3v) is 4.52. The molecule has 3 aromatic rings. The Kier molecular flexibility index (Phi) is 5.16. The quantitative estimate of drug-likeness (QED) is 0.766. The molecule has 1 N–H and O–H groups in total. The molecule has 134 valence electrons. The monoisotopic (exact) mass is 348 g/mol. The van der Waals surface area contributed by atoms with Gasteiger partial charge in [0.1, 0.15) is 5.69 Å². The largest absolute Gasteiger partial charge is 0.347 e. The second-order valence-corrected chi connectivity index (χ2v) is 6.54. The van der Waals surface area contributed by atoms with Crippen molar-refractivity contribution in [2.45, 2.75) is 33.7 Å². The number of carbonyl (C=O) groups is 1. The number of amides is 1. The number of hydrogen-bond acceptors (Lipinski definition) is 3. The van der Waals surface area contributed by atoms with Crippen LogP contribution in [0.25, 0.3) is 11.1 Å². The highest BCUT2D eigenvalue weighted by Crippen LogP contribution is 2.26. The first-order valence-corrected chi connectivity index (χ1v) is 8.81. The molecule has 2 aromatic heterocycles. The van der Waals surface area contributed by atoms with Crippen LogP contribution in [-0.2, 0) is 20.0 Å². The van der Waals surface area contributed by atoms with Gasteiger partial charge in [0.15, 0.2) is 0 Å². The molecule has 0 atom stereocenters. The Hall–Kier alpha value is -2.95. The predicted octanol–water partition coefficient (Wildman–Crippen LogP) is 3.59. The predicted molar refractivity (Wildman–Crippen MR) is 103 cm³/mol. The van der Waals surface area contributed by atoms with Crippen LogP contribution in [0.4, 0.5) is 0 Å². The summed E-state index contributed by atoms with van der Waals surface area (Å²) in [4.78, 5) is 16.8. The van der Waals surface area contributed by atoms with Gasteiger partial charge in [0.05, 0.1) is 5.69 Å². The Morgan fingerprint density at radius 1 is 1.12 bits per heavy atom. The van der Waals surface area contributed by atoms with Crippen LogP contribution in [0.1, 0.15) is 39.8 Å². The average Bonchev–Trinajstić information content (AvgIpc) is 2.98. The van der Waals surface area contributed by atoms with Crippen LogP contribution in [0.15, 0.2) is 42.7 Å². The molecule has 26 heavy (non-hydrogen) atoms. The van der Waals surface area contributed by atoms with Crippen LogP contribution in [0.2, 0.25) is 0 Å². The zero-order valence-corrected chi connectivity index (χ0v) is 15.7. The smallest absolute Gasteiger partial charge is 0.270 e. The first-order chi connectivity index (χ1) is 12.5. The molecule has 0 bridgehead atoms. The molecule has 2 heterocycles. The molecule has 0 saturated heterocycles. The van der Waals surface area contributed by atoms with Crippen molar-refractivity contribution in [1.82, 2.24) is 20.1 Å². The summed E-state index contributed by atoms with van der Waals surface area (Å²) in [5, 5.41) is 7.34. The van der Waals surface area contributed by atoms with Crippen molar-refractivity contribution in [3.63, 3.8) is 0 Å². The van der Waals surface area contributed by atoms with Gasteiger partial charge in [0.25, 0.3) is 5.91 Å². The zero-order valence-electron chi connectivity index (χ0n) is 15.7. The van der Waals surface area contributed by atoms with Crippen LogP contribution in [0.3, 0.4) is 0 Å². The molecule has 5 nitrogen and oxygen atoms in total. The molecular weight excluding hydrogens is 324 g/mol. The van der Waals surface area contributed by atoms with E-state index in [1.807, 2.05) is 45.3 Å². The fourth-order valence-electron chi connectivity index (χ4n) is 2.97. The number of rotatable bonds is 5. The van der Waals surface area contributed by atoms with Gasteiger partial charge in [0.2, 0.25) is 0 Å². The normalized spacial score (nSPS) is 10.8. The standard InChI is InChI=1S/C21H24N4O/c1-5-16-6-8-17(9-7-16)12-23-21(26)20-10-18(14(2)11-22-20)19-13-25(4)24-15(19)3/h6-11,13H,5,12H2,1-4H3,(H,23,26). The minimum Gasteiger partial charge on any atom is -0.347 e. The summed E-state index contributed by atoms with van der Waals surface area (Å²) in [6, 6.07) is 10.1. The molecule has 0 fully saturated rings. The SMILES string of the molecule is CCc1ccc(CNC(=O)c2cc(-c3cn(C)nc3C)c(C)cn2)cc1. The second kappa shape index (κ2) is 7.52. The van der Waals surface area contributed by atoms with E-state index in [-0.39, 0.29) is 5.91 Å². The summed E-state index contributed by atoms with van der Waals surface area (Å²) in [7, 11) is 1.89. The maximum Gasteiger partial charge on any atom is 0.270 e. The number of aryl methyl sites for hydroxylation is 4. The first kappa shape index (κ1) is 17.9. The van der Waals surface area contributed by atoms with Crippen molar-refractivity contribution in [1.29, 1.82) is 0 Å². The van der Waals surface area contributed by atoms with Gasteiger partial charge in [-0.25, -0.2) is 0 Å². The van der Waals surface area contributed by atoms with E-state index in [9.17, 15) is 4.79 Å². The Morgan fingerprint density at radius 2 is 1.81 bits per heavy atom. The van der Waals surface area contributed by atoms with Crippen LogP contribution in [0.5, 0.6) is 0 Å². The lowest BCUT2D eigenvalue weighted by Crippen LogP contribution is -2.23. The number of benzene rings is 1. The van der Waals surface area contributed by atoms with Crippen molar-refractivity contribution in [3.8, 4) is 11.1 Å². The summed E-state index contributed by atoms with van der Waals surface area (Å²) in [5.74, 6) is -0.174. The van der Waals surface area contributed by atoms with Crippen molar-refractivity contribution < 1.29 is 4.79 Å². The van der Waals surface area contributed by atoms with Crippen molar-refractivity contribution in [2.75, 3.05) is 0 Å². The Labute approximate surface area is 154 Å². The number of carbonyl (C=O) groups excluding carboxylic acids is 1. The minimum absolute atomic E-state index is 0.174. The molecule has 0 aliphatic carbocycles. The highest BCUT2D eigenvalue weighted by molar-refractivity contribution is 5.93. The first-order valence-electron chi connectivity index (χ1n) is 8.81. The summed E-state index contributed by atoms with van der Waals surface area (Å²) >= 11 is 0. The third-order valence-electron chi connectivity index (χ3n) is 4.52. The van der Waals surface area contributed by atoms with Crippen molar-refractivity contribution in [3.05, 3.63) is 70.8 Å². The molecule has 0 radical (unpaired) electrons. The summed E-state index contributed by atoms with van der Waals surface area (Å²) < 4.78 is 1.78. The van der Waals surface area contributed by atoms with E-state index in [4.69, 9.17) is 0 Å². The topological polar surface area (TPSA) is 59.8 Å². The van der Waals surface area contributed by atoms with Gasteiger partial charge in [0, 0.05) is 31.5 Å². The number of aromatic nitrogens is 3. The Morgan fingerprint density at radius 3 is 2.42 bits per heavy atom. The molecule has 0 aliphatic heterocycles. The van der Waals surface area contributed by atoms with E-state index in [2.05, 4.69) is 34.5 Å². The van der Waals surface area contributed by atoms with Crippen LogP contribution >= 0.6 is 0 Å². The molecule has 3 rings (SSSR count). The lowest BCUT2D eigenvalue weighted by Gasteiger charge is -2.09. The minimum atomic E-state index is -0.174. The van der Waals surface area contributed by atoms with E-state index in [0.29, 0.717) is 12.2 Å². The van der Waals surface area contributed by atoms with E-state index >= 15 is 0 Å². The van der Waals surface area contributed by atoms with E-state index in [0.717, 1.165) is 34.4 Å². The van der Waals surface area contributed by atoms with Gasteiger partial charge in [-0.15, -0.1) is 0 Å².